The lowest BCUT2D eigenvalue weighted by atomic mass is 10.3. The van der Waals surface area contributed by atoms with Gasteiger partial charge in [0, 0.05) is 16.9 Å². The molecule has 0 saturated heterocycles. The van der Waals surface area contributed by atoms with Crippen molar-refractivity contribution in [1.29, 1.82) is 0 Å². The minimum Gasteiger partial charge on any atom is -0.466 e. The molecule has 0 N–H and O–H groups in total. The van der Waals surface area contributed by atoms with Crippen molar-refractivity contribution in [2.75, 3.05) is 20.3 Å². The fraction of sp³-hybridized carbons (Fsp3) is 0.500. The van der Waals surface area contributed by atoms with E-state index < -0.39 is 0 Å². The maximum atomic E-state index is 11.1. The van der Waals surface area contributed by atoms with Gasteiger partial charge in [-0.15, -0.1) is 11.3 Å². The smallest absolute Gasteiger partial charge is 0.333 e. The van der Waals surface area contributed by atoms with Gasteiger partial charge >= 0.3 is 5.97 Å². The van der Waals surface area contributed by atoms with E-state index in [-0.39, 0.29) is 5.97 Å². The molecule has 1 aromatic rings. The van der Waals surface area contributed by atoms with Gasteiger partial charge in [-0.05, 0) is 19.9 Å². The van der Waals surface area contributed by atoms with E-state index in [9.17, 15) is 4.79 Å². The van der Waals surface area contributed by atoms with Crippen LogP contribution in [0.15, 0.2) is 17.2 Å². The molecule has 0 saturated carbocycles. The summed E-state index contributed by atoms with van der Waals surface area (Å²) in [5.74, 6) is -0.313. The number of hydrogen-bond acceptors (Lipinski definition) is 5. The number of carbonyl (C=O) groups is 1. The number of methoxy groups -OCH3 is 1. The normalized spacial score (nSPS) is 11.6. The summed E-state index contributed by atoms with van der Waals surface area (Å²) in [6.07, 6.45) is 2.59. The Bertz CT molecular complexity index is 398. The standard InChI is InChI=1S/C12H17NO3S/c1-9(12(14)15-3)4-6-16-7-5-11-10(2)13-8-17-11/h4,8H,5-7H2,1-3H3. The number of hydrogen-bond donors (Lipinski definition) is 0. The van der Waals surface area contributed by atoms with Crippen LogP contribution in [-0.4, -0.2) is 31.3 Å². The van der Waals surface area contributed by atoms with Gasteiger partial charge in [0.25, 0.3) is 0 Å². The number of esters is 1. The van der Waals surface area contributed by atoms with Crippen molar-refractivity contribution >= 4 is 17.3 Å². The van der Waals surface area contributed by atoms with Crippen molar-refractivity contribution in [2.45, 2.75) is 20.3 Å². The van der Waals surface area contributed by atoms with Gasteiger partial charge < -0.3 is 9.47 Å². The van der Waals surface area contributed by atoms with Gasteiger partial charge in [-0.25, -0.2) is 9.78 Å². The molecular formula is C12H17NO3S. The summed E-state index contributed by atoms with van der Waals surface area (Å²) in [5, 5.41) is 0. The number of aromatic nitrogens is 1. The van der Waals surface area contributed by atoms with E-state index >= 15 is 0 Å². The molecule has 0 amide bonds. The lowest BCUT2D eigenvalue weighted by Gasteiger charge is -2.01. The van der Waals surface area contributed by atoms with Gasteiger partial charge in [0.2, 0.25) is 0 Å². The van der Waals surface area contributed by atoms with Crippen molar-refractivity contribution < 1.29 is 14.3 Å². The van der Waals surface area contributed by atoms with Crippen LogP contribution in [-0.2, 0) is 20.7 Å². The second-order valence-corrected chi connectivity index (χ2v) is 4.50. The van der Waals surface area contributed by atoms with Gasteiger partial charge in [-0.3, -0.25) is 0 Å². The predicted octanol–water partition coefficient (Wildman–Crippen LogP) is 2.13. The molecule has 94 valence electrons. The minimum absolute atomic E-state index is 0.313. The quantitative estimate of drug-likeness (QED) is 0.444. The SMILES string of the molecule is COC(=O)C(C)=CCOCCc1scnc1C. The number of ether oxygens (including phenoxy) is 2. The Labute approximate surface area is 105 Å². The van der Waals surface area contributed by atoms with Crippen LogP contribution in [0, 0.1) is 6.92 Å². The van der Waals surface area contributed by atoms with Crippen LogP contribution in [0.1, 0.15) is 17.5 Å². The first-order valence-corrected chi connectivity index (χ1v) is 6.25. The fourth-order valence-electron chi connectivity index (χ4n) is 1.24. The molecule has 0 atom stereocenters. The molecule has 5 heteroatoms. The fourth-order valence-corrected chi connectivity index (χ4v) is 2.01. The summed E-state index contributed by atoms with van der Waals surface area (Å²) >= 11 is 1.64. The molecule has 0 aliphatic rings. The van der Waals surface area contributed by atoms with Crippen molar-refractivity contribution in [3.63, 3.8) is 0 Å². The van der Waals surface area contributed by atoms with E-state index in [0.29, 0.717) is 18.8 Å². The third-order valence-electron chi connectivity index (χ3n) is 2.33. The highest BCUT2D eigenvalue weighted by Crippen LogP contribution is 2.12. The highest BCUT2D eigenvalue weighted by molar-refractivity contribution is 7.09. The summed E-state index contributed by atoms with van der Waals surface area (Å²) in [5.41, 5.74) is 3.48. The van der Waals surface area contributed by atoms with E-state index in [4.69, 9.17) is 4.74 Å². The Kier molecular flexibility index (Phi) is 5.86. The highest BCUT2D eigenvalue weighted by Gasteiger charge is 2.02. The van der Waals surface area contributed by atoms with Crippen molar-refractivity contribution in [2.24, 2.45) is 0 Å². The monoisotopic (exact) mass is 255 g/mol. The minimum atomic E-state index is -0.313. The summed E-state index contributed by atoms with van der Waals surface area (Å²) in [4.78, 5) is 16.5. The second kappa shape index (κ2) is 7.19. The van der Waals surface area contributed by atoms with E-state index in [1.807, 2.05) is 12.4 Å². The Balaban J connectivity index is 2.21. The second-order valence-electron chi connectivity index (χ2n) is 3.56. The van der Waals surface area contributed by atoms with Crippen LogP contribution < -0.4 is 0 Å². The van der Waals surface area contributed by atoms with Crippen molar-refractivity contribution in [3.05, 3.63) is 27.7 Å². The number of rotatable bonds is 6. The van der Waals surface area contributed by atoms with Crippen LogP contribution in [0.4, 0.5) is 0 Å². The zero-order valence-electron chi connectivity index (χ0n) is 10.4. The summed E-state index contributed by atoms with van der Waals surface area (Å²) in [7, 11) is 1.37. The van der Waals surface area contributed by atoms with Crippen LogP contribution >= 0.6 is 11.3 Å². The average molecular weight is 255 g/mol. The maximum Gasteiger partial charge on any atom is 0.333 e. The first kappa shape index (κ1) is 13.9. The lowest BCUT2D eigenvalue weighted by Crippen LogP contribution is -2.04. The number of aryl methyl sites for hydroxylation is 1. The molecule has 0 radical (unpaired) electrons. The van der Waals surface area contributed by atoms with Crippen LogP contribution in [0.3, 0.4) is 0 Å². The number of nitrogens with zero attached hydrogens (tertiary/aromatic N) is 1. The van der Waals surface area contributed by atoms with Gasteiger partial charge in [-0.1, -0.05) is 0 Å². The van der Waals surface area contributed by atoms with Gasteiger partial charge in [0.15, 0.2) is 0 Å². The third-order valence-corrected chi connectivity index (χ3v) is 3.33. The molecule has 0 spiro atoms. The van der Waals surface area contributed by atoms with Crippen LogP contribution in [0.2, 0.25) is 0 Å². The molecule has 1 heterocycles. The highest BCUT2D eigenvalue weighted by atomic mass is 32.1. The van der Waals surface area contributed by atoms with Crippen molar-refractivity contribution in [1.82, 2.24) is 4.98 Å². The summed E-state index contributed by atoms with van der Waals surface area (Å²) in [6, 6.07) is 0. The van der Waals surface area contributed by atoms with Gasteiger partial charge in [0.1, 0.15) is 0 Å². The molecule has 1 aromatic heterocycles. The molecule has 1 rings (SSSR count). The predicted molar refractivity (Wildman–Crippen MR) is 67.1 cm³/mol. The Morgan fingerprint density at radius 3 is 2.94 bits per heavy atom. The molecule has 4 nitrogen and oxygen atoms in total. The molecule has 17 heavy (non-hydrogen) atoms. The Hall–Kier alpha value is -1.20. The first-order valence-electron chi connectivity index (χ1n) is 5.37. The zero-order valence-corrected chi connectivity index (χ0v) is 11.2. The maximum absolute atomic E-state index is 11.1. The largest absolute Gasteiger partial charge is 0.466 e. The summed E-state index contributed by atoms with van der Waals surface area (Å²) < 4.78 is 10.00. The van der Waals surface area contributed by atoms with Crippen molar-refractivity contribution in [3.8, 4) is 0 Å². The topological polar surface area (TPSA) is 48.4 Å². The van der Waals surface area contributed by atoms with Gasteiger partial charge in [0.05, 0.1) is 31.5 Å². The molecule has 0 bridgehead atoms. The molecule has 0 aromatic carbocycles. The molecule has 0 unspecified atom stereocenters. The first-order chi connectivity index (χ1) is 8.15. The van der Waals surface area contributed by atoms with Crippen LogP contribution in [0.25, 0.3) is 0 Å². The van der Waals surface area contributed by atoms with Gasteiger partial charge in [-0.2, -0.15) is 0 Å². The van der Waals surface area contributed by atoms with E-state index in [1.165, 1.54) is 12.0 Å². The number of thiazole rings is 1. The third kappa shape index (κ3) is 4.66. The molecule has 0 aliphatic carbocycles. The molecule has 0 aliphatic heterocycles. The summed E-state index contributed by atoms with van der Waals surface area (Å²) in [6.45, 7) is 4.77. The Morgan fingerprint density at radius 2 is 2.35 bits per heavy atom. The average Bonchev–Trinajstić information content (AvgIpc) is 2.73. The van der Waals surface area contributed by atoms with E-state index in [2.05, 4.69) is 9.72 Å². The zero-order chi connectivity index (χ0) is 12.7. The number of carbonyl (C=O) groups excluding carboxylic acids is 1. The van der Waals surface area contributed by atoms with Crippen LogP contribution in [0.5, 0.6) is 0 Å². The molecule has 0 fully saturated rings. The van der Waals surface area contributed by atoms with E-state index in [0.717, 1.165) is 12.1 Å². The Morgan fingerprint density at radius 1 is 1.59 bits per heavy atom. The van der Waals surface area contributed by atoms with E-state index in [1.54, 1.807) is 24.3 Å². The molecular weight excluding hydrogens is 238 g/mol. The lowest BCUT2D eigenvalue weighted by molar-refractivity contribution is -0.136.